The number of hydrogen-bond acceptors (Lipinski definition) is 4. The molecule has 4 rings (SSSR count). The van der Waals surface area contributed by atoms with E-state index in [2.05, 4.69) is 22.3 Å². The van der Waals surface area contributed by atoms with Gasteiger partial charge in [-0.25, -0.2) is 9.67 Å². The monoisotopic (exact) mass is 283 g/mol. The lowest BCUT2D eigenvalue weighted by Gasteiger charge is -2.23. The van der Waals surface area contributed by atoms with Crippen LogP contribution in [0.1, 0.15) is 42.4 Å². The van der Waals surface area contributed by atoms with E-state index in [4.69, 9.17) is 4.98 Å². The molecule has 2 aromatic heterocycles. The van der Waals surface area contributed by atoms with Crippen LogP contribution < -0.4 is 5.32 Å². The summed E-state index contributed by atoms with van der Waals surface area (Å²) in [5, 5.41) is 8.11. The van der Waals surface area contributed by atoms with Gasteiger partial charge in [0.05, 0.1) is 5.69 Å². The van der Waals surface area contributed by atoms with Crippen LogP contribution in [-0.2, 0) is 0 Å². The SMILES string of the molecule is Cc1nc(C2CC23CCNCC3)n(-c2ccncc2C)n1. The zero-order valence-electron chi connectivity index (χ0n) is 12.6. The van der Waals surface area contributed by atoms with Crippen molar-refractivity contribution in [3.8, 4) is 5.69 Å². The van der Waals surface area contributed by atoms with Gasteiger partial charge in [0, 0.05) is 18.3 Å². The summed E-state index contributed by atoms with van der Waals surface area (Å²) in [6.07, 6.45) is 7.51. The Labute approximate surface area is 124 Å². The fraction of sp³-hybridized carbons (Fsp3) is 0.562. The quantitative estimate of drug-likeness (QED) is 0.917. The molecule has 1 aliphatic carbocycles. The average molecular weight is 283 g/mol. The van der Waals surface area contributed by atoms with Crippen molar-refractivity contribution in [2.24, 2.45) is 5.41 Å². The number of nitrogens with one attached hydrogen (secondary N) is 1. The first kappa shape index (κ1) is 13.0. The van der Waals surface area contributed by atoms with Crippen molar-refractivity contribution in [1.29, 1.82) is 0 Å². The first-order valence-electron chi connectivity index (χ1n) is 7.75. The average Bonchev–Trinajstić information content (AvgIpc) is 3.02. The molecule has 0 bridgehead atoms. The van der Waals surface area contributed by atoms with Crippen molar-refractivity contribution >= 4 is 0 Å². The second kappa shape index (κ2) is 4.63. The van der Waals surface area contributed by atoms with Gasteiger partial charge in [-0.1, -0.05) is 0 Å². The van der Waals surface area contributed by atoms with Crippen LogP contribution in [0.3, 0.4) is 0 Å². The highest BCUT2D eigenvalue weighted by Gasteiger charge is 2.56. The molecule has 2 aromatic rings. The smallest absolute Gasteiger partial charge is 0.148 e. The minimum absolute atomic E-state index is 0.476. The summed E-state index contributed by atoms with van der Waals surface area (Å²) in [7, 11) is 0. The summed E-state index contributed by atoms with van der Waals surface area (Å²) < 4.78 is 2.05. The van der Waals surface area contributed by atoms with Crippen molar-refractivity contribution in [3.63, 3.8) is 0 Å². The molecule has 110 valence electrons. The van der Waals surface area contributed by atoms with E-state index in [1.54, 1.807) is 0 Å². The molecular formula is C16H21N5. The number of piperidine rings is 1. The predicted octanol–water partition coefficient (Wildman–Crippen LogP) is 2.14. The van der Waals surface area contributed by atoms with Crippen molar-refractivity contribution in [2.45, 2.75) is 39.0 Å². The first-order valence-corrected chi connectivity index (χ1v) is 7.75. The molecule has 0 amide bonds. The number of hydrogen-bond donors (Lipinski definition) is 1. The normalized spacial score (nSPS) is 23.4. The first-order chi connectivity index (χ1) is 10.2. The summed E-state index contributed by atoms with van der Waals surface area (Å²) in [5.74, 6) is 2.56. The van der Waals surface area contributed by atoms with Gasteiger partial charge in [0.2, 0.25) is 0 Å². The van der Waals surface area contributed by atoms with Gasteiger partial charge in [-0.15, -0.1) is 0 Å². The molecule has 1 aliphatic heterocycles. The molecule has 2 aliphatic rings. The minimum atomic E-state index is 0.476. The lowest BCUT2D eigenvalue weighted by Crippen LogP contribution is -2.29. The Hall–Kier alpha value is -1.75. The van der Waals surface area contributed by atoms with Crippen LogP contribution in [0.15, 0.2) is 18.5 Å². The van der Waals surface area contributed by atoms with Crippen LogP contribution in [0.4, 0.5) is 0 Å². The Morgan fingerprint density at radius 3 is 2.86 bits per heavy atom. The lowest BCUT2D eigenvalue weighted by molar-refractivity contribution is 0.339. The largest absolute Gasteiger partial charge is 0.317 e. The number of nitrogens with zero attached hydrogens (tertiary/aromatic N) is 4. The van der Waals surface area contributed by atoms with Gasteiger partial charge in [-0.2, -0.15) is 5.10 Å². The van der Waals surface area contributed by atoms with Crippen molar-refractivity contribution < 1.29 is 0 Å². The van der Waals surface area contributed by atoms with E-state index in [9.17, 15) is 0 Å². The summed E-state index contributed by atoms with van der Waals surface area (Å²) in [6.45, 7) is 6.33. The molecule has 2 fully saturated rings. The molecule has 1 saturated carbocycles. The van der Waals surface area contributed by atoms with Crippen LogP contribution >= 0.6 is 0 Å². The molecule has 1 saturated heterocycles. The number of aryl methyl sites for hydroxylation is 2. The van der Waals surface area contributed by atoms with Crippen molar-refractivity contribution in [1.82, 2.24) is 25.1 Å². The van der Waals surface area contributed by atoms with Crippen LogP contribution in [0.25, 0.3) is 5.69 Å². The van der Waals surface area contributed by atoms with E-state index in [1.165, 1.54) is 19.3 Å². The second-order valence-electron chi connectivity index (χ2n) is 6.46. The van der Waals surface area contributed by atoms with Crippen molar-refractivity contribution in [3.05, 3.63) is 35.7 Å². The maximum Gasteiger partial charge on any atom is 0.148 e. The highest BCUT2D eigenvalue weighted by atomic mass is 15.4. The highest BCUT2D eigenvalue weighted by Crippen LogP contribution is 2.63. The van der Waals surface area contributed by atoms with Crippen LogP contribution in [-0.4, -0.2) is 32.8 Å². The van der Waals surface area contributed by atoms with E-state index in [0.29, 0.717) is 11.3 Å². The molecule has 1 unspecified atom stereocenters. The summed E-state index contributed by atoms with van der Waals surface area (Å²) >= 11 is 0. The van der Waals surface area contributed by atoms with Gasteiger partial charge in [-0.05, 0) is 63.2 Å². The Kier molecular flexibility index (Phi) is 2.85. The molecule has 1 N–H and O–H groups in total. The van der Waals surface area contributed by atoms with Gasteiger partial charge in [0.1, 0.15) is 11.6 Å². The standard InChI is InChI=1S/C16H21N5/c1-11-10-18-6-3-14(11)21-15(19-12(2)20-21)13-9-16(13)4-7-17-8-5-16/h3,6,10,13,17H,4-5,7-9H2,1-2H3. The summed E-state index contributed by atoms with van der Waals surface area (Å²) in [6, 6.07) is 2.03. The van der Waals surface area contributed by atoms with Gasteiger partial charge in [0.25, 0.3) is 0 Å². The molecule has 3 heterocycles. The Bertz CT molecular complexity index is 669. The molecule has 5 nitrogen and oxygen atoms in total. The fourth-order valence-corrected chi connectivity index (χ4v) is 3.73. The molecule has 1 atom stereocenters. The third-order valence-corrected chi connectivity index (χ3v) is 5.06. The van der Waals surface area contributed by atoms with E-state index in [1.807, 2.05) is 30.1 Å². The molecule has 21 heavy (non-hydrogen) atoms. The second-order valence-corrected chi connectivity index (χ2v) is 6.46. The number of rotatable bonds is 2. The van der Waals surface area contributed by atoms with Crippen LogP contribution in [0.2, 0.25) is 0 Å². The number of pyridine rings is 1. The topological polar surface area (TPSA) is 55.6 Å². The third-order valence-electron chi connectivity index (χ3n) is 5.06. The van der Waals surface area contributed by atoms with Crippen molar-refractivity contribution in [2.75, 3.05) is 13.1 Å². The minimum Gasteiger partial charge on any atom is -0.317 e. The van der Waals surface area contributed by atoms with Gasteiger partial charge < -0.3 is 5.32 Å². The Morgan fingerprint density at radius 1 is 1.29 bits per heavy atom. The lowest BCUT2D eigenvalue weighted by atomic mass is 9.92. The molecule has 0 radical (unpaired) electrons. The summed E-state index contributed by atoms with van der Waals surface area (Å²) in [4.78, 5) is 8.93. The van der Waals surface area contributed by atoms with Crippen LogP contribution in [0, 0.1) is 19.3 Å². The van der Waals surface area contributed by atoms with E-state index < -0.39 is 0 Å². The Balaban J connectivity index is 1.73. The highest BCUT2D eigenvalue weighted by molar-refractivity contribution is 5.39. The van der Waals surface area contributed by atoms with E-state index >= 15 is 0 Å². The zero-order valence-corrected chi connectivity index (χ0v) is 12.6. The van der Waals surface area contributed by atoms with E-state index in [0.717, 1.165) is 36.0 Å². The fourth-order valence-electron chi connectivity index (χ4n) is 3.73. The number of aromatic nitrogens is 4. The zero-order chi connectivity index (χ0) is 14.4. The van der Waals surface area contributed by atoms with Gasteiger partial charge in [-0.3, -0.25) is 4.98 Å². The predicted molar refractivity (Wildman–Crippen MR) is 80.5 cm³/mol. The van der Waals surface area contributed by atoms with E-state index in [-0.39, 0.29) is 0 Å². The Morgan fingerprint density at radius 2 is 2.10 bits per heavy atom. The van der Waals surface area contributed by atoms with Gasteiger partial charge in [0.15, 0.2) is 0 Å². The molecule has 0 aromatic carbocycles. The third kappa shape index (κ3) is 2.07. The van der Waals surface area contributed by atoms with Crippen LogP contribution in [0.5, 0.6) is 0 Å². The van der Waals surface area contributed by atoms with Gasteiger partial charge >= 0.3 is 0 Å². The maximum absolute atomic E-state index is 4.75. The summed E-state index contributed by atoms with van der Waals surface area (Å²) in [5.41, 5.74) is 2.73. The molecule has 5 heteroatoms. The maximum atomic E-state index is 4.75. The molecule has 1 spiro atoms. The molecular weight excluding hydrogens is 262 g/mol.